The van der Waals surface area contributed by atoms with Crippen molar-refractivity contribution in [1.82, 2.24) is 0 Å². The summed E-state index contributed by atoms with van der Waals surface area (Å²) < 4.78 is 12.1. The van der Waals surface area contributed by atoms with E-state index < -0.39 is 0 Å². The lowest BCUT2D eigenvalue weighted by atomic mass is 9.49. The Morgan fingerprint density at radius 2 is 1.63 bits per heavy atom. The van der Waals surface area contributed by atoms with Gasteiger partial charge in [-0.1, -0.05) is 26.8 Å². The average Bonchev–Trinajstić information content (AvgIpc) is 3.28. The second-order valence-electron chi connectivity index (χ2n) is 10.1. The molecule has 27 heavy (non-hydrogen) atoms. The van der Waals surface area contributed by atoms with Gasteiger partial charge in [0.2, 0.25) is 0 Å². The van der Waals surface area contributed by atoms with Gasteiger partial charge in [0.25, 0.3) is 0 Å². The van der Waals surface area contributed by atoms with Crippen molar-refractivity contribution in [3.8, 4) is 0 Å². The molecule has 0 amide bonds. The van der Waals surface area contributed by atoms with Crippen LogP contribution in [-0.4, -0.2) is 19.0 Å². The summed E-state index contributed by atoms with van der Waals surface area (Å²) in [5, 5.41) is 0. The van der Waals surface area contributed by atoms with Crippen LogP contribution in [0.4, 0.5) is 0 Å². The number of hydrogen-bond donors (Lipinski definition) is 0. The molecule has 1 saturated heterocycles. The Balaban J connectivity index is 0.000000872. The normalized spacial score (nSPS) is 47.4. The van der Waals surface area contributed by atoms with Crippen molar-refractivity contribution in [3.63, 3.8) is 0 Å². The third-order valence-electron chi connectivity index (χ3n) is 9.41. The van der Waals surface area contributed by atoms with Crippen molar-refractivity contribution in [2.45, 2.75) is 90.8 Å². The molecule has 4 aliphatic carbocycles. The Bertz CT molecular complexity index is 522. The molecule has 2 heteroatoms. The van der Waals surface area contributed by atoms with Crippen molar-refractivity contribution in [3.05, 3.63) is 12.7 Å². The minimum absolute atomic E-state index is 0.181. The Kier molecular flexibility index (Phi) is 5.78. The quantitative estimate of drug-likeness (QED) is 0.507. The largest absolute Gasteiger partial charge is 0.348 e. The van der Waals surface area contributed by atoms with E-state index in [4.69, 9.17) is 9.47 Å². The zero-order valence-corrected chi connectivity index (χ0v) is 18.1. The molecule has 0 N–H and O–H groups in total. The van der Waals surface area contributed by atoms with Crippen LogP contribution < -0.4 is 0 Å². The van der Waals surface area contributed by atoms with Gasteiger partial charge in [-0.2, -0.15) is 0 Å². The Labute approximate surface area is 167 Å². The third kappa shape index (κ3) is 3.23. The van der Waals surface area contributed by atoms with Gasteiger partial charge < -0.3 is 9.47 Å². The van der Waals surface area contributed by atoms with E-state index in [1.807, 2.05) is 13.8 Å². The van der Waals surface area contributed by atoms with Gasteiger partial charge in [0, 0.05) is 12.8 Å². The van der Waals surface area contributed by atoms with Gasteiger partial charge in [-0.25, -0.2) is 0 Å². The summed E-state index contributed by atoms with van der Waals surface area (Å²) in [6, 6.07) is 0. The highest BCUT2D eigenvalue weighted by Gasteiger charge is 2.58. The molecule has 2 nitrogen and oxygen atoms in total. The molecule has 154 valence electrons. The van der Waals surface area contributed by atoms with Crippen molar-refractivity contribution < 1.29 is 9.47 Å². The zero-order valence-electron chi connectivity index (χ0n) is 18.1. The van der Waals surface area contributed by atoms with Gasteiger partial charge in [-0.05, 0) is 92.3 Å². The second-order valence-corrected chi connectivity index (χ2v) is 10.1. The van der Waals surface area contributed by atoms with E-state index in [-0.39, 0.29) is 5.79 Å². The Morgan fingerprint density at radius 1 is 0.889 bits per heavy atom. The predicted octanol–water partition coefficient (Wildman–Crippen LogP) is 6.60. The summed E-state index contributed by atoms with van der Waals surface area (Å²) in [5.74, 6) is 5.55. The highest BCUT2D eigenvalue weighted by molar-refractivity contribution is 5.07. The second kappa shape index (κ2) is 7.82. The minimum Gasteiger partial charge on any atom is -0.348 e. The van der Waals surface area contributed by atoms with Gasteiger partial charge in [0.15, 0.2) is 5.79 Å². The van der Waals surface area contributed by atoms with Gasteiger partial charge in [-0.15, -0.1) is 6.58 Å². The molecule has 0 aromatic carbocycles. The Hall–Kier alpha value is -0.340. The fourth-order valence-electron chi connectivity index (χ4n) is 8.28. The molecule has 3 unspecified atom stereocenters. The fraction of sp³-hybridized carbons (Fsp3) is 0.920. The minimum atomic E-state index is -0.181. The SMILES string of the molecule is C=CCC1CCC2[C@@H]3CC[C@@H]4CC5(CC[C@@H]4C3CC[C@]12C)OCCO5.CC. The summed E-state index contributed by atoms with van der Waals surface area (Å²) in [5.41, 5.74) is 0.607. The molecular weight excluding hydrogens is 332 g/mol. The molecule has 1 heterocycles. The first-order chi connectivity index (χ1) is 13.2. The monoisotopic (exact) mass is 374 g/mol. The summed E-state index contributed by atoms with van der Waals surface area (Å²) in [6.07, 6.45) is 15.9. The first-order valence-electron chi connectivity index (χ1n) is 12.0. The summed E-state index contributed by atoms with van der Waals surface area (Å²) >= 11 is 0. The number of ether oxygens (including phenoxy) is 2. The molecule has 7 atom stereocenters. The highest BCUT2D eigenvalue weighted by Crippen LogP contribution is 2.65. The lowest BCUT2D eigenvalue weighted by molar-refractivity contribution is -0.209. The van der Waals surface area contributed by atoms with Crippen molar-refractivity contribution in [2.24, 2.45) is 40.9 Å². The first kappa shape index (κ1) is 20.0. The molecular formula is C25H42O2. The van der Waals surface area contributed by atoms with Crippen LogP contribution in [0.2, 0.25) is 0 Å². The van der Waals surface area contributed by atoms with Crippen LogP contribution in [0.15, 0.2) is 12.7 Å². The summed E-state index contributed by atoms with van der Waals surface area (Å²) in [4.78, 5) is 0. The Morgan fingerprint density at radius 3 is 2.37 bits per heavy atom. The van der Waals surface area contributed by atoms with E-state index in [1.54, 1.807) is 0 Å². The standard InChI is InChI=1S/C23H36O2.C2H6/c1-3-4-17-6-8-21-20-7-5-16-15-23(24-13-14-25-23)12-10-18(16)19(20)9-11-22(17,21)2;1-2/h3,16-21H,1,4-15H2,2H3;1-2H3/t16-,17?,18+,19?,20-,21?,22-;/m1./s1. The molecule has 5 rings (SSSR count). The van der Waals surface area contributed by atoms with Crippen LogP contribution in [0.3, 0.4) is 0 Å². The topological polar surface area (TPSA) is 18.5 Å². The first-order valence-corrected chi connectivity index (χ1v) is 12.0. The van der Waals surface area contributed by atoms with Gasteiger partial charge in [0.1, 0.15) is 0 Å². The molecule has 1 spiro atoms. The van der Waals surface area contributed by atoms with E-state index in [0.29, 0.717) is 5.41 Å². The third-order valence-corrected chi connectivity index (χ3v) is 9.41. The van der Waals surface area contributed by atoms with E-state index in [0.717, 1.165) is 55.1 Å². The molecule has 0 bridgehead atoms. The lowest BCUT2D eigenvalue weighted by Gasteiger charge is -2.57. The molecule has 5 fully saturated rings. The molecule has 4 saturated carbocycles. The molecule has 0 aromatic heterocycles. The predicted molar refractivity (Wildman–Crippen MR) is 111 cm³/mol. The zero-order chi connectivity index (χ0) is 19.1. The molecule has 0 aromatic rings. The maximum absolute atomic E-state index is 6.06. The van der Waals surface area contributed by atoms with Crippen LogP contribution in [0.5, 0.6) is 0 Å². The maximum atomic E-state index is 6.06. The smallest absolute Gasteiger partial charge is 0.168 e. The van der Waals surface area contributed by atoms with Crippen molar-refractivity contribution in [1.29, 1.82) is 0 Å². The van der Waals surface area contributed by atoms with Crippen LogP contribution >= 0.6 is 0 Å². The van der Waals surface area contributed by atoms with Crippen LogP contribution in [0.1, 0.15) is 85.0 Å². The van der Waals surface area contributed by atoms with E-state index >= 15 is 0 Å². The number of hydrogen-bond acceptors (Lipinski definition) is 2. The van der Waals surface area contributed by atoms with E-state index in [1.165, 1.54) is 57.8 Å². The van der Waals surface area contributed by atoms with E-state index in [9.17, 15) is 0 Å². The lowest BCUT2D eigenvalue weighted by Crippen LogP contribution is -2.51. The van der Waals surface area contributed by atoms with Crippen molar-refractivity contribution >= 4 is 0 Å². The number of fused-ring (bicyclic) bond motifs is 5. The summed E-state index contributed by atoms with van der Waals surface area (Å²) in [6.45, 7) is 12.3. The number of rotatable bonds is 2. The molecule has 0 radical (unpaired) electrons. The van der Waals surface area contributed by atoms with Gasteiger partial charge >= 0.3 is 0 Å². The van der Waals surface area contributed by atoms with Crippen LogP contribution in [-0.2, 0) is 9.47 Å². The summed E-state index contributed by atoms with van der Waals surface area (Å²) in [7, 11) is 0. The molecule has 1 aliphatic heterocycles. The molecule has 5 aliphatic rings. The van der Waals surface area contributed by atoms with Gasteiger partial charge in [0.05, 0.1) is 13.2 Å². The fourth-order valence-corrected chi connectivity index (χ4v) is 8.28. The number of allylic oxidation sites excluding steroid dienone is 1. The average molecular weight is 375 g/mol. The van der Waals surface area contributed by atoms with Gasteiger partial charge in [-0.3, -0.25) is 0 Å². The highest BCUT2D eigenvalue weighted by atomic mass is 16.7. The van der Waals surface area contributed by atoms with Crippen molar-refractivity contribution in [2.75, 3.05) is 13.2 Å². The van der Waals surface area contributed by atoms with E-state index in [2.05, 4.69) is 19.6 Å². The van der Waals surface area contributed by atoms with Crippen LogP contribution in [0, 0.1) is 40.9 Å². The maximum Gasteiger partial charge on any atom is 0.168 e. The van der Waals surface area contributed by atoms with Crippen LogP contribution in [0.25, 0.3) is 0 Å².